The van der Waals surface area contributed by atoms with Crippen molar-refractivity contribution in [2.45, 2.75) is 69.6 Å². The van der Waals surface area contributed by atoms with E-state index in [9.17, 15) is 13.2 Å². The summed E-state index contributed by atoms with van der Waals surface area (Å²) < 4.78 is 31.1. The summed E-state index contributed by atoms with van der Waals surface area (Å²) in [5.41, 5.74) is 2.88. The molecule has 2 aromatic carbocycles. The zero-order valence-corrected chi connectivity index (χ0v) is 26.5. The lowest BCUT2D eigenvalue weighted by Gasteiger charge is -2.20. The quantitative estimate of drug-likeness (QED) is 0.127. The number of para-hydroxylation sites is 1. The van der Waals surface area contributed by atoms with E-state index in [2.05, 4.69) is 6.92 Å². The first-order valence-corrected chi connectivity index (χ1v) is 17.6. The van der Waals surface area contributed by atoms with E-state index in [1.807, 2.05) is 48.7 Å². The number of nitrogens with zero attached hydrogens (tertiary/aromatic N) is 4. The van der Waals surface area contributed by atoms with Gasteiger partial charge < -0.3 is 0 Å². The molecule has 7 nitrogen and oxygen atoms in total. The zero-order valence-electron chi connectivity index (χ0n) is 24.1. The second-order valence-electron chi connectivity index (χ2n) is 10.8. The summed E-state index contributed by atoms with van der Waals surface area (Å²) in [4.78, 5) is 15.9. The van der Waals surface area contributed by atoms with Crippen LogP contribution in [0.15, 0.2) is 70.6 Å². The van der Waals surface area contributed by atoms with Crippen LogP contribution in [0, 0.1) is 0 Å². The van der Waals surface area contributed by atoms with Gasteiger partial charge in [-0.3, -0.25) is 9.69 Å². The third-order valence-corrected chi connectivity index (χ3v) is 11.0. The highest BCUT2D eigenvalue weighted by atomic mass is 32.2. The van der Waals surface area contributed by atoms with E-state index in [0.29, 0.717) is 40.1 Å². The molecule has 222 valence electrons. The van der Waals surface area contributed by atoms with Crippen LogP contribution in [-0.4, -0.2) is 57.3 Å². The van der Waals surface area contributed by atoms with E-state index in [1.165, 1.54) is 24.6 Å². The number of carbonyl (C=O) groups is 1. The minimum Gasteiger partial charge on any atom is -0.293 e. The topological polar surface area (TPSA) is 75.5 Å². The van der Waals surface area contributed by atoms with Crippen molar-refractivity contribution in [3.63, 3.8) is 0 Å². The van der Waals surface area contributed by atoms with E-state index in [1.54, 1.807) is 32.1 Å². The predicted molar refractivity (Wildman–Crippen MR) is 175 cm³/mol. The van der Waals surface area contributed by atoms with E-state index in [0.717, 1.165) is 56.2 Å². The average molecular weight is 623 g/mol. The lowest BCUT2D eigenvalue weighted by Crippen LogP contribution is -2.31. The summed E-state index contributed by atoms with van der Waals surface area (Å²) in [6, 6.07) is 16.7. The Labute approximate surface area is 259 Å². The van der Waals surface area contributed by atoms with Gasteiger partial charge in [-0.25, -0.2) is 13.1 Å². The molecule has 2 aliphatic heterocycles. The van der Waals surface area contributed by atoms with E-state index < -0.39 is 10.0 Å². The lowest BCUT2D eigenvalue weighted by atomic mass is 10.1. The van der Waals surface area contributed by atoms with Gasteiger partial charge in [0, 0.05) is 37.0 Å². The van der Waals surface area contributed by atoms with Crippen LogP contribution in [0.5, 0.6) is 0 Å². The Morgan fingerprint density at radius 1 is 0.952 bits per heavy atom. The molecule has 0 bridgehead atoms. The largest absolute Gasteiger partial charge is 0.293 e. The molecule has 0 aliphatic carbocycles. The van der Waals surface area contributed by atoms with Gasteiger partial charge in [0.15, 0.2) is 0 Å². The minimum atomic E-state index is -3.63. The molecular weight excluding hydrogens is 585 g/mol. The van der Waals surface area contributed by atoms with E-state index in [4.69, 9.17) is 17.3 Å². The highest BCUT2D eigenvalue weighted by Gasteiger charge is 2.32. The number of thiocarbonyl (C=S) groups is 1. The number of hydrogen-bond acceptors (Lipinski definition) is 6. The van der Waals surface area contributed by atoms with E-state index in [-0.39, 0.29) is 10.8 Å². The number of benzene rings is 2. The number of rotatable bonds is 11. The average Bonchev–Trinajstić information content (AvgIpc) is 3.38. The predicted octanol–water partition coefficient (Wildman–Crippen LogP) is 7.28. The molecule has 1 amide bonds. The Bertz CT molecular complexity index is 1540. The fraction of sp³-hybridized carbons (Fsp3) is 0.406. The van der Waals surface area contributed by atoms with Crippen molar-refractivity contribution in [3.05, 3.63) is 71.3 Å². The van der Waals surface area contributed by atoms with Crippen LogP contribution in [0.25, 0.3) is 23.0 Å². The van der Waals surface area contributed by atoms with Crippen molar-refractivity contribution in [1.82, 2.24) is 19.0 Å². The van der Waals surface area contributed by atoms with Crippen molar-refractivity contribution in [1.29, 1.82) is 0 Å². The van der Waals surface area contributed by atoms with E-state index >= 15 is 0 Å². The summed E-state index contributed by atoms with van der Waals surface area (Å²) >= 11 is 6.90. The van der Waals surface area contributed by atoms with Crippen molar-refractivity contribution >= 4 is 50.3 Å². The zero-order chi connectivity index (χ0) is 29.5. The van der Waals surface area contributed by atoms with Gasteiger partial charge in [0.25, 0.3) is 5.91 Å². The summed E-state index contributed by atoms with van der Waals surface area (Å²) in [6.07, 6.45) is 13.1. The first-order chi connectivity index (χ1) is 20.4. The van der Waals surface area contributed by atoms with Gasteiger partial charge in [0.2, 0.25) is 10.0 Å². The second kappa shape index (κ2) is 14.1. The molecule has 2 saturated heterocycles. The van der Waals surface area contributed by atoms with Crippen LogP contribution in [0.3, 0.4) is 0 Å². The summed E-state index contributed by atoms with van der Waals surface area (Å²) in [7, 11) is -3.63. The van der Waals surface area contributed by atoms with Crippen LogP contribution in [0.4, 0.5) is 0 Å². The lowest BCUT2D eigenvalue weighted by molar-refractivity contribution is -0.122. The summed E-state index contributed by atoms with van der Waals surface area (Å²) in [5, 5.41) is 4.88. The van der Waals surface area contributed by atoms with Gasteiger partial charge in [0.1, 0.15) is 10.0 Å². The normalized spacial score (nSPS) is 17.7. The maximum Gasteiger partial charge on any atom is 0.266 e. The van der Waals surface area contributed by atoms with Crippen molar-refractivity contribution in [2.75, 3.05) is 19.6 Å². The third kappa shape index (κ3) is 7.05. The molecule has 0 spiro atoms. The molecule has 0 radical (unpaired) electrons. The molecule has 0 unspecified atom stereocenters. The first kappa shape index (κ1) is 30.7. The fourth-order valence-electron chi connectivity index (χ4n) is 5.37. The number of thioether (sulfide) groups is 1. The number of aromatic nitrogens is 2. The highest BCUT2D eigenvalue weighted by molar-refractivity contribution is 8.26. The van der Waals surface area contributed by atoms with Crippen LogP contribution >= 0.6 is 24.0 Å². The number of hydrogen-bond donors (Lipinski definition) is 0. The molecule has 5 rings (SSSR count). The summed E-state index contributed by atoms with van der Waals surface area (Å²) in [5.74, 6) is -0.0867. The third-order valence-electron chi connectivity index (χ3n) is 7.72. The number of carbonyl (C=O) groups excluding carboxylic acids is 1. The maximum atomic E-state index is 13.6. The monoisotopic (exact) mass is 622 g/mol. The Balaban J connectivity index is 1.48. The van der Waals surface area contributed by atoms with Crippen LogP contribution in [0.1, 0.15) is 70.3 Å². The minimum absolute atomic E-state index is 0.0867. The molecule has 0 saturated carbocycles. The molecular formula is C32H38N4O3S3. The summed E-state index contributed by atoms with van der Waals surface area (Å²) in [6.45, 7) is 3.89. The second-order valence-corrected chi connectivity index (χ2v) is 14.4. The van der Waals surface area contributed by atoms with Crippen LogP contribution in [-0.2, 0) is 14.8 Å². The van der Waals surface area contributed by atoms with Gasteiger partial charge >= 0.3 is 0 Å². The number of sulfonamides is 1. The number of unbranched alkanes of at least 4 members (excludes halogenated alkanes) is 4. The molecule has 0 N–H and O–H groups in total. The molecule has 0 atom stereocenters. The smallest absolute Gasteiger partial charge is 0.266 e. The number of amides is 1. The SMILES string of the molecule is CCCCCCCN1C(=O)/C(=C\c2cn(-c3ccccc3)nc2-c2cccc(S(=O)(=O)N3CCCCCC3)c2)SC1=S. The standard InChI is InChI=1S/C32H38N4O3S3/c1-2-3-4-5-13-21-35-31(37)29(41-32(35)40)23-26-24-36(27-16-9-8-10-17-27)33-30(26)25-15-14-18-28(22-25)42(38,39)34-19-11-6-7-12-20-34/h8-10,14-18,22-24H,2-7,11-13,19-21H2,1H3/b29-23+. The molecule has 10 heteroatoms. The molecule has 1 aromatic heterocycles. The van der Waals surface area contributed by atoms with Crippen molar-refractivity contribution < 1.29 is 13.2 Å². The molecule has 3 aromatic rings. The molecule has 42 heavy (non-hydrogen) atoms. The van der Waals surface area contributed by atoms with Gasteiger partial charge in [0.05, 0.1) is 15.5 Å². The van der Waals surface area contributed by atoms with Gasteiger partial charge in [-0.1, -0.05) is 99.8 Å². The van der Waals surface area contributed by atoms with Crippen molar-refractivity contribution in [2.24, 2.45) is 0 Å². The molecule has 2 fully saturated rings. The van der Waals surface area contributed by atoms with Crippen LogP contribution in [0.2, 0.25) is 0 Å². The Kier molecular flexibility index (Phi) is 10.3. The Morgan fingerprint density at radius 2 is 1.69 bits per heavy atom. The Hall–Kier alpha value is -2.79. The first-order valence-electron chi connectivity index (χ1n) is 14.9. The van der Waals surface area contributed by atoms with Gasteiger partial charge in [-0.05, 0) is 49.6 Å². The molecule has 3 heterocycles. The fourth-order valence-corrected chi connectivity index (χ4v) is 8.24. The van der Waals surface area contributed by atoms with Gasteiger partial charge in [-0.2, -0.15) is 9.40 Å². The van der Waals surface area contributed by atoms with Crippen LogP contribution < -0.4 is 0 Å². The molecule has 2 aliphatic rings. The van der Waals surface area contributed by atoms with Crippen molar-refractivity contribution in [3.8, 4) is 16.9 Å². The highest BCUT2D eigenvalue weighted by Crippen LogP contribution is 2.36. The Morgan fingerprint density at radius 3 is 2.43 bits per heavy atom. The van der Waals surface area contributed by atoms with Gasteiger partial charge in [-0.15, -0.1) is 0 Å². The maximum absolute atomic E-state index is 13.6.